The molecule has 0 fully saturated rings. The number of rotatable bonds is 4. The Morgan fingerprint density at radius 2 is 2.00 bits per heavy atom. The molecule has 0 aliphatic heterocycles. The highest BCUT2D eigenvalue weighted by Gasteiger charge is 2.17. The molecule has 0 amide bonds. The lowest BCUT2D eigenvalue weighted by Gasteiger charge is -2.15. The second-order valence-electron chi connectivity index (χ2n) is 4.03. The van der Waals surface area contributed by atoms with Gasteiger partial charge in [-0.25, -0.2) is 13.8 Å². The zero-order valence-corrected chi connectivity index (χ0v) is 11.0. The highest BCUT2D eigenvalue weighted by molar-refractivity contribution is 7.11. The van der Waals surface area contributed by atoms with Gasteiger partial charge in [-0.1, -0.05) is 6.07 Å². The number of halogens is 2. The Labute approximate surface area is 109 Å². The van der Waals surface area contributed by atoms with Gasteiger partial charge in [-0.05, 0) is 32.5 Å². The Morgan fingerprint density at radius 3 is 2.50 bits per heavy atom. The molecule has 0 bridgehead atoms. The number of benzene rings is 1. The van der Waals surface area contributed by atoms with Crippen LogP contribution >= 0.6 is 11.3 Å². The van der Waals surface area contributed by atoms with Crippen molar-refractivity contribution in [2.75, 3.05) is 7.05 Å². The number of thiazole rings is 1. The minimum absolute atomic E-state index is 0.114. The molecule has 0 saturated heterocycles. The summed E-state index contributed by atoms with van der Waals surface area (Å²) in [5.41, 5.74) is 0.114. The van der Waals surface area contributed by atoms with E-state index in [0.29, 0.717) is 0 Å². The van der Waals surface area contributed by atoms with Crippen molar-refractivity contribution in [3.05, 3.63) is 51.5 Å². The molecule has 1 aromatic heterocycles. The Bertz CT molecular complexity index is 519. The number of aryl methyl sites for hydroxylation is 1. The fraction of sp³-hybridized carbons (Fsp3) is 0.308. The predicted molar refractivity (Wildman–Crippen MR) is 68.7 cm³/mol. The maximum Gasteiger partial charge on any atom is 0.129 e. The van der Waals surface area contributed by atoms with Crippen LogP contribution in [0.5, 0.6) is 0 Å². The smallest absolute Gasteiger partial charge is 0.129 e. The molecule has 1 atom stereocenters. The van der Waals surface area contributed by atoms with E-state index in [1.54, 1.807) is 13.2 Å². The van der Waals surface area contributed by atoms with Gasteiger partial charge in [-0.3, -0.25) is 0 Å². The average molecular weight is 268 g/mol. The molecule has 96 valence electrons. The van der Waals surface area contributed by atoms with Crippen LogP contribution in [0.2, 0.25) is 0 Å². The van der Waals surface area contributed by atoms with E-state index in [2.05, 4.69) is 10.3 Å². The summed E-state index contributed by atoms with van der Waals surface area (Å²) < 4.78 is 27.2. The third-order valence-corrected chi connectivity index (χ3v) is 3.83. The third kappa shape index (κ3) is 2.73. The van der Waals surface area contributed by atoms with Crippen LogP contribution in [-0.4, -0.2) is 12.0 Å². The Kier molecular flexibility index (Phi) is 4.04. The van der Waals surface area contributed by atoms with Gasteiger partial charge in [0.05, 0.1) is 5.01 Å². The van der Waals surface area contributed by atoms with E-state index in [1.807, 2.05) is 6.92 Å². The van der Waals surface area contributed by atoms with Crippen molar-refractivity contribution in [2.45, 2.75) is 19.4 Å². The lowest BCUT2D eigenvalue weighted by molar-refractivity contribution is 0.518. The van der Waals surface area contributed by atoms with Crippen LogP contribution in [0.15, 0.2) is 24.4 Å². The Hall–Kier alpha value is -1.33. The minimum atomic E-state index is -0.503. The second-order valence-corrected chi connectivity index (χ2v) is 5.29. The first-order valence-corrected chi connectivity index (χ1v) is 6.46. The summed E-state index contributed by atoms with van der Waals surface area (Å²) in [6.07, 6.45) is 2.02. The lowest BCUT2D eigenvalue weighted by Crippen LogP contribution is -2.19. The molecule has 0 spiro atoms. The van der Waals surface area contributed by atoms with Crippen molar-refractivity contribution in [2.24, 2.45) is 0 Å². The molecule has 1 heterocycles. The predicted octanol–water partition coefficient (Wildman–Crippen LogP) is 3.23. The molecule has 0 radical (unpaired) electrons. The van der Waals surface area contributed by atoms with E-state index in [4.69, 9.17) is 0 Å². The maximum atomic E-state index is 13.6. The number of nitrogens with one attached hydrogen (secondary N) is 1. The Morgan fingerprint density at radius 1 is 1.33 bits per heavy atom. The van der Waals surface area contributed by atoms with Gasteiger partial charge in [0.2, 0.25) is 0 Å². The lowest BCUT2D eigenvalue weighted by atomic mass is 10.0. The fourth-order valence-corrected chi connectivity index (χ4v) is 2.71. The largest absolute Gasteiger partial charge is 0.312 e. The first kappa shape index (κ1) is 13.1. The summed E-state index contributed by atoms with van der Waals surface area (Å²) in [5.74, 6) is -1.01. The Balaban J connectivity index is 2.26. The number of likely N-dealkylation sites (N-methyl/N-ethyl adjacent to an activating group) is 1. The summed E-state index contributed by atoms with van der Waals surface area (Å²) >= 11 is 1.53. The molecular formula is C13H14F2N2S. The van der Waals surface area contributed by atoms with Crippen LogP contribution in [0.4, 0.5) is 8.78 Å². The first-order chi connectivity index (χ1) is 8.61. The molecule has 1 aromatic carbocycles. The highest BCUT2D eigenvalue weighted by Crippen LogP contribution is 2.25. The van der Waals surface area contributed by atoms with Crippen LogP contribution < -0.4 is 5.32 Å². The van der Waals surface area contributed by atoms with E-state index >= 15 is 0 Å². The molecule has 2 nitrogen and oxygen atoms in total. The van der Waals surface area contributed by atoms with Gasteiger partial charge in [0.15, 0.2) is 0 Å². The number of aromatic nitrogens is 1. The minimum Gasteiger partial charge on any atom is -0.312 e. The van der Waals surface area contributed by atoms with Crippen molar-refractivity contribution in [3.63, 3.8) is 0 Å². The summed E-state index contributed by atoms with van der Waals surface area (Å²) in [4.78, 5) is 5.15. The van der Waals surface area contributed by atoms with Gasteiger partial charge >= 0.3 is 0 Å². The molecular weight excluding hydrogens is 254 g/mol. The molecule has 0 aliphatic carbocycles. The number of hydrogen-bond donors (Lipinski definition) is 1. The zero-order chi connectivity index (χ0) is 13.1. The van der Waals surface area contributed by atoms with Crippen LogP contribution in [0.1, 0.15) is 21.5 Å². The standard InChI is InChI=1S/C13H14F2N2S/c1-8-17-7-13(18-8)12(16-2)6-9-10(14)4-3-5-11(9)15/h3-5,7,12,16H,6H2,1-2H3. The second kappa shape index (κ2) is 5.54. The van der Waals surface area contributed by atoms with Gasteiger partial charge in [-0.2, -0.15) is 0 Å². The van der Waals surface area contributed by atoms with Gasteiger partial charge in [0, 0.05) is 22.7 Å². The fourth-order valence-electron chi connectivity index (χ4n) is 1.82. The van der Waals surface area contributed by atoms with E-state index in [9.17, 15) is 8.78 Å². The molecule has 1 unspecified atom stereocenters. The van der Waals surface area contributed by atoms with Gasteiger partial charge in [0.25, 0.3) is 0 Å². The van der Waals surface area contributed by atoms with Crippen LogP contribution in [0.25, 0.3) is 0 Å². The number of hydrogen-bond acceptors (Lipinski definition) is 3. The van der Waals surface area contributed by atoms with Crippen molar-refractivity contribution >= 4 is 11.3 Å². The normalized spacial score (nSPS) is 12.7. The van der Waals surface area contributed by atoms with Crippen molar-refractivity contribution in [3.8, 4) is 0 Å². The topological polar surface area (TPSA) is 24.9 Å². The highest BCUT2D eigenvalue weighted by atomic mass is 32.1. The maximum absolute atomic E-state index is 13.6. The molecule has 2 aromatic rings. The van der Waals surface area contributed by atoms with Crippen molar-refractivity contribution < 1.29 is 8.78 Å². The quantitative estimate of drug-likeness (QED) is 0.921. The van der Waals surface area contributed by atoms with E-state index in [0.717, 1.165) is 9.88 Å². The summed E-state index contributed by atoms with van der Waals surface area (Å²) in [6.45, 7) is 1.91. The van der Waals surface area contributed by atoms with Crippen LogP contribution in [-0.2, 0) is 6.42 Å². The molecule has 5 heteroatoms. The third-order valence-electron chi connectivity index (χ3n) is 2.80. The molecule has 2 rings (SSSR count). The van der Waals surface area contributed by atoms with Crippen molar-refractivity contribution in [1.82, 2.24) is 10.3 Å². The molecule has 0 aliphatic rings. The van der Waals surface area contributed by atoms with Crippen molar-refractivity contribution in [1.29, 1.82) is 0 Å². The summed E-state index contributed by atoms with van der Waals surface area (Å²) in [7, 11) is 1.78. The van der Waals surface area contributed by atoms with E-state index in [1.165, 1.54) is 29.5 Å². The first-order valence-electron chi connectivity index (χ1n) is 5.64. The van der Waals surface area contributed by atoms with Gasteiger partial charge in [-0.15, -0.1) is 11.3 Å². The molecule has 18 heavy (non-hydrogen) atoms. The molecule has 0 saturated carbocycles. The monoisotopic (exact) mass is 268 g/mol. The number of nitrogens with zero attached hydrogens (tertiary/aromatic N) is 1. The average Bonchev–Trinajstić information content (AvgIpc) is 2.76. The summed E-state index contributed by atoms with van der Waals surface area (Å²) in [5, 5.41) is 4.02. The SMILES string of the molecule is CNC(Cc1c(F)cccc1F)c1cnc(C)s1. The van der Waals surface area contributed by atoms with E-state index < -0.39 is 11.6 Å². The van der Waals surface area contributed by atoms with Gasteiger partial charge < -0.3 is 5.32 Å². The van der Waals surface area contributed by atoms with Crippen LogP contribution in [0.3, 0.4) is 0 Å². The molecule has 1 N–H and O–H groups in total. The van der Waals surface area contributed by atoms with Crippen LogP contribution in [0, 0.1) is 18.6 Å². The van der Waals surface area contributed by atoms with E-state index in [-0.39, 0.29) is 18.0 Å². The zero-order valence-electron chi connectivity index (χ0n) is 10.2. The van der Waals surface area contributed by atoms with Gasteiger partial charge in [0.1, 0.15) is 11.6 Å². The summed E-state index contributed by atoms with van der Waals surface area (Å²) in [6, 6.07) is 3.81.